The number of benzene rings is 1. The molecule has 1 saturated carbocycles. The largest absolute Gasteiger partial charge is 0.489 e. The van der Waals surface area contributed by atoms with Crippen molar-refractivity contribution >= 4 is 46.8 Å². The molecule has 1 saturated heterocycles. The van der Waals surface area contributed by atoms with Crippen LogP contribution in [0.2, 0.25) is 5.02 Å². The van der Waals surface area contributed by atoms with Gasteiger partial charge in [0.05, 0.1) is 16.8 Å². The highest BCUT2D eigenvalue weighted by atomic mass is 35.5. The summed E-state index contributed by atoms with van der Waals surface area (Å²) < 4.78 is 11.7. The molecule has 6 rings (SSSR count). The van der Waals surface area contributed by atoms with Crippen molar-refractivity contribution in [1.29, 1.82) is 0 Å². The van der Waals surface area contributed by atoms with E-state index >= 15 is 0 Å². The summed E-state index contributed by atoms with van der Waals surface area (Å²) in [5, 5.41) is 10.3. The minimum atomic E-state index is -0.107. The number of nitrogens with one attached hydrogen (secondary N) is 3. The van der Waals surface area contributed by atoms with Crippen molar-refractivity contribution in [3.05, 3.63) is 64.8 Å². The van der Waals surface area contributed by atoms with E-state index in [-0.39, 0.29) is 24.0 Å². The highest BCUT2D eigenvalue weighted by molar-refractivity contribution is 6.32. The van der Waals surface area contributed by atoms with E-state index in [0.29, 0.717) is 52.4 Å². The SMILES string of the molecule is CC(CCc1ccco1)NC(=O)C1=Cc2c(ncnc2Nc2ccc(OC3CCN(C(=O)C4CCCC4)CC3)c(Cl)c2)NCC1. The lowest BCUT2D eigenvalue weighted by molar-refractivity contribution is -0.137. The van der Waals surface area contributed by atoms with Crippen molar-refractivity contribution in [2.45, 2.75) is 76.9 Å². The molecule has 2 aromatic heterocycles. The molecule has 238 valence electrons. The molecular weight excluding hydrogens is 592 g/mol. The van der Waals surface area contributed by atoms with Crippen LogP contribution in [0.1, 0.15) is 69.6 Å². The number of carbonyl (C=O) groups excluding carboxylic acids is 2. The Morgan fingerprint density at radius 3 is 2.73 bits per heavy atom. The van der Waals surface area contributed by atoms with E-state index in [1.807, 2.05) is 48.2 Å². The fourth-order valence-electron chi connectivity index (χ4n) is 6.33. The van der Waals surface area contributed by atoms with Gasteiger partial charge in [0, 0.05) is 62.1 Å². The number of nitrogens with zero attached hydrogens (tertiary/aromatic N) is 3. The molecule has 11 heteroatoms. The first-order valence-electron chi connectivity index (χ1n) is 16.1. The second kappa shape index (κ2) is 14.4. The molecule has 1 unspecified atom stereocenters. The van der Waals surface area contributed by atoms with Gasteiger partial charge in [-0.3, -0.25) is 9.59 Å². The number of aromatic nitrogens is 2. The van der Waals surface area contributed by atoms with E-state index in [4.69, 9.17) is 20.8 Å². The third kappa shape index (κ3) is 7.79. The number of halogens is 1. The van der Waals surface area contributed by atoms with Crippen LogP contribution in [0, 0.1) is 5.92 Å². The molecule has 10 nitrogen and oxygen atoms in total. The van der Waals surface area contributed by atoms with Gasteiger partial charge in [0.2, 0.25) is 11.8 Å². The highest BCUT2D eigenvalue weighted by Gasteiger charge is 2.30. The average molecular weight is 633 g/mol. The lowest BCUT2D eigenvalue weighted by atomic mass is 10.0. The summed E-state index contributed by atoms with van der Waals surface area (Å²) in [5.41, 5.74) is 2.10. The molecule has 3 N–H and O–H groups in total. The van der Waals surface area contributed by atoms with Crippen LogP contribution in [-0.4, -0.2) is 58.5 Å². The second-order valence-corrected chi connectivity index (χ2v) is 12.6. The number of amides is 2. The van der Waals surface area contributed by atoms with Gasteiger partial charge in [-0.2, -0.15) is 0 Å². The molecule has 4 heterocycles. The predicted molar refractivity (Wildman–Crippen MR) is 175 cm³/mol. The summed E-state index contributed by atoms with van der Waals surface area (Å²) >= 11 is 6.68. The van der Waals surface area contributed by atoms with Crippen LogP contribution < -0.4 is 20.7 Å². The first-order chi connectivity index (χ1) is 21.9. The van der Waals surface area contributed by atoms with E-state index < -0.39 is 0 Å². The fourth-order valence-corrected chi connectivity index (χ4v) is 6.56. The zero-order valence-electron chi connectivity index (χ0n) is 25.7. The summed E-state index contributed by atoms with van der Waals surface area (Å²) in [6.45, 7) is 4.02. The van der Waals surface area contributed by atoms with Gasteiger partial charge < -0.3 is 30.0 Å². The Balaban J connectivity index is 1.07. The standard InChI is InChI=1S/C34H41ClN6O4/c1-22(8-10-26-7-4-18-44-26)39-33(42)24-12-15-36-31-28(19-24)32(38-21-37-31)40-25-9-11-30(29(35)20-25)45-27-13-16-41(17-14-27)34(43)23-5-2-3-6-23/h4,7,9,11,18-23,27H,2-3,5-6,8,10,12-17H2,1H3,(H,39,42)(H2,36,37,38,40). The van der Waals surface area contributed by atoms with Crippen LogP contribution in [-0.2, 0) is 16.0 Å². The maximum absolute atomic E-state index is 13.2. The summed E-state index contributed by atoms with van der Waals surface area (Å²) in [6.07, 6.45) is 13.1. The molecule has 0 spiro atoms. The minimum absolute atomic E-state index is 0.0141. The Morgan fingerprint density at radius 1 is 1.16 bits per heavy atom. The van der Waals surface area contributed by atoms with Crippen LogP contribution >= 0.6 is 11.6 Å². The van der Waals surface area contributed by atoms with Gasteiger partial charge in [-0.25, -0.2) is 9.97 Å². The molecule has 45 heavy (non-hydrogen) atoms. The third-order valence-electron chi connectivity index (χ3n) is 8.91. The Morgan fingerprint density at radius 2 is 1.98 bits per heavy atom. The minimum Gasteiger partial charge on any atom is -0.489 e. The molecule has 3 aromatic rings. The van der Waals surface area contributed by atoms with Crippen molar-refractivity contribution < 1.29 is 18.7 Å². The smallest absolute Gasteiger partial charge is 0.247 e. The van der Waals surface area contributed by atoms with Crippen LogP contribution in [0.5, 0.6) is 5.75 Å². The van der Waals surface area contributed by atoms with Crippen LogP contribution in [0.3, 0.4) is 0 Å². The average Bonchev–Trinajstić information content (AvgIpc) is 3.73. The van der Waals surface area contributed by atoms with Gasteiger partial charge in [0.25, 0.3) is 0 Å². The van der Waals surface area contributed by atoms with Gasteiger partial charge in [-0.1, -0.05) is 24.4 Å². The number of hydrogen-bond donors (Lipinski definition) is 3. The first-order valence-corrected chi connectivity index (χ1v) is 16.5. The van der Waals surface area contributed by atoms with Gasteiger partial charge in [0.1, 0.15) is 35.6 Å². The van der Waals surface area contributed by atoms with Crippen molar-refractivity contribution in [2.24, 2.45) is 5.92 Å². The number of rotatable bonds is 10. The number of hydrogen-bond acceptors (Lipinski definition) is 8. The normalized spacial score (nSPS) is 17.9. The second-order valence-electron chi connectivity index (χ2n) is 12.2. The van der Waals surface area contributed by atoms with Gasteiger partial charge >= 0.3 is 0 Å². The number of anilines is 3. The van der Waals surface area contributed by atoms with Crippen molar-refractivity contribution in [2.75, 3.05) is 30.3 Å². The van der Waals surface area contributed by atoms with Crippen molar-refractivity contribution in [3.8, 4) is 5.75 Å². The molecule has 2 amide bonds. The summed E-state index contributed by atoms with van der Waals surface area (Å²) in [5.74, 6) is 3.16. The van der Waals surface area contributed by atoms with Crippen molar-refractivity contribution in [1.82, 2.24) is 20.2 Å². The fraction of sp³-hybridized carbons (Fsp3) is 0.471. The number of carbonyl (C=O) groups is 2. The summed E-state index contributed by atoms with van der Waals surface area (Å²) in [4.78, 5) is 36.9. The van der Waals surface area contributed by atoms with E-state index in [1.54, 1.807) is 6.26 Å². The monoisotopic (exact) mass is 632 g/mol. The van der Waals surface area contributed by atoms with E-state index in [2.05, 4.69) is 25.9 Å². The summed E-state index contributed by atoms with van der Waals surface area (Å²) in [7, 11) is 0. The van der Waals surface area contributed by atoms with Crippen LogP contribution in [0.15, 0.2) is 52.9 Å². The molecule has 1 aromatic carbocycles. The maximum atomic E-state index is 13.2. The number of piperidine rings is 1. The molecule has 0 bridgehead atoms. The van der Waals surface area contributed by atoms with Gasteiger partial charge in [0.15, 0.2) is 0 Å². The quantitative estimate of drug-likeness (QED) is 0.236. The molecule has 2 aliphatic heterocycles. The Kier molecular flexibility index (Phi) is 9.88. The number of ether oxygens (including phenoxy) is 1. The first kappa shape index (κ1) is 31.0. The highest BCUT2D eigenvalue weighted by Crippen LogP contribution is 2.34. The lowest BCUT2D eigenvalue weighted by Crippen LogP contribution is -2.44. The molecule has 3 aliphatic rings. The maximum Gasteiger partial charge on any atom is 0.247 e. The molecule has 1 atom stereocenters. The van der Waals surface area contributed by atoms with E-state index in [0.717, 1.165) is 63.1 Å². The van der Waals surface area contributed by atoms with Crippen molar-refractivity contribution in [3.63, 3.8) is 0 Å². The number of aryl methyl sites for hydroxylation is 1. The third-order valence-corrected chi connectivity index (χ3v) is 9.20. The predicted octanol–water partition coefficient (Wildman–Crippen LogP) is 6.36. The number of furan rings is 1. The zero-order valence-corrected chi connectivity index (χ0v) is 26.4. The lowest BCUT2D eigenvalue weighted by Gasteiger charge is -2.33. The van der Waals surface area contributed by atoms with E-state index in [9.17, 15) is 9.59 Å². The molecule has 2 fully saturated rings. The topological polar surface area (TPSA) is 122 Å². The Hall–Kier alpha value is -4.05. The van der Waals surface area contributed by atoms with Crippen LogP contribution in [0.25, 0.3) is 6.08 Å². The Bertz CT molecular complexity index is 1510. The summed E-state index contributed by atoms with van der Waals surface area (Å²) in [6, 6.07) is 9.37. The van der Waals surface area contributed by atoms with Gasteiger partial charge in [-0.15, -0.1) is 0 Å². The van der Waals surface area contributed by atoms with Crippen LogP contribution in [0.4, 0.5) is 17.3 Å². The molecule has 0 radical (unpaired) electrons. The zero-order chi connectivity index (χ0) is 31.2. The molecular formula is C34H41ClN6O4. The van der Waals surface area contributed by atoms with Gasteiger partial charge in [-0.05, 0) is 69.0 Å². The number of likely N-dealkylation sites (tertiary alicyclic amines) is 1. The Labute approximate surface area is 269 Å². The number of fused-ring (bicyclic) bond motifs is 1. The van der Waals surface area contributed by atoms with E-state index in [1.165, 1.54) is 19.2 Å². The molecule has 1 aliphatic carbocycles.